The molecule has 0 unspecified atom stereocenters. The van der Waals surface area contributed by atoms with E-state index in [1.807, 2.05) is 6.92 Å². The van der Waals surface area contributed by atoms with Crippen molar-refractivity contribution in [2.75, 3.05) is 27.4 Å². The predicted octanol–water partition coefficient (Wildman–Crippen LogP) is 3.20. The molecule has 3 radical (unpaired) electrons. The van der Waals surface area contributed by atoms with Gasteiger partial charge >= 0.3 is 23.9 Å². The van der Waals surface area contributed by atoms with Crippen LogP contribution in [0, 0.1) is 23.7 Å². The Bertz CT molecular complexity index is 727. The molecule has 0 aromatic rings. The van der Waals surface area contributed by atoms with Crippen molar-refractivity contribution in [3.63, 3.8) is 0 Å². The van der Waals surface area contributed by atoms with Crippen molar-refractivity contribution in [2.24, 2.45) is 23.7 Å². The van der Waals surface area contributed by atoms with E-state index in [0.717, 1.165) is 0 Å². The summed E-state index contributed by atoms with van der Waals surface area (Å²) < 4.78 is 19.3. The van der Waals surface area contributed by atoms with Crippen LogP contribution in [0.2, 0.25) is 0 Å². The highest BCUT2D eigenvalue weighted by molar-refractivity contribution is 5.75. The Morgan fingerprint density at radius 1 is 0.619 bits per heavy atom. The maximum absolute atomic E-state index is 11.0. The second-order valence-electron chi connectivity index (χ2n) is 9.01. The van der Waals surface area contributed by atoms with E-state index in [0.29, 0.717) is 13.2 Å². The van der Waals surface area contributed by atoms with Gasteiger partial charge in [0.25, 0.3) is 0 Å². The third-order valence-corrected chi connectivity index (χ3v) is 5.73. The Morgan fingerprint density at radius 2 is 0.905 bits per heavy atom. The first-order chi connectivity index (χ1) is 18.4. The topological polar surface area (TPSA) is 186 Å². The van der Waals surface area contributed by atoms with Gasteiger partial charge in [-0.15, -0.1) is 13.2 Å². The molecule has 247 valence electrons. The van der Waals surface area contributed by atoms with Crippen LogP contribution in [0.4, 0.5) is 0 Å². The van der Waals surface area contributed by atoms with Crippen molar-refractivity contribution in [1.29, 1.82) is 0 Å². The number of methoxy groups -OCH3 is 2. The van der Waals surface area contributed by atoms with Crippen molar-refractivity contribution < 1.29 is 58.6 Å². The summed E-state index contributed by atoms with van der Waals surface area (Å²) in [6, 6.07) is 0. The number of aliphatic hydroxyl groups excluding tert-OH is 2. The summed E-state index contributed by atoms with van der Waals surface area (Å²) in [5, 5.41) is 34.2. The minimum Gasteiger partial charge on any atom is -0.481 e. The Labute approximate surface area is 254 Å². The van der Waals surface area contributed by atoms with Crippen LogP contribution in [0.5, 0.6) is 0 Å². The molecule has 12 nitrogen and oxygen atoms in total. The van der Waals surface area contributed by atoms with Crippen molar-refractivity contribution in [3.8, 4) is 0 Å². The second-order valence-corrected chi connectivity index (χ2v) is 9.01. The van der Waals surface area contributed by atoms with Crippen LogP contribution in [0.15, 0.2) is 25.3 Å². The monoisotopic (exact) mass is 607 g/mol. The third-order valence-electron chi connectivity index (χ3n) is 5.73. The van der Waals surface area contributed by atoms with E-state index in [9.17, 15) is 19.2 Å². The summed E-state index contributed by atoms with van der Waals surface area (Å²) in [6.07, 6.45) is 1.48. The number of carboxylic acid groups (broad SMARTS) is 2. The van der Waals surface area contributed by atoms with E-state index in [-0.39, 0.29) is 45.9 Å². The molecule has 0 aliphatic carbocycles. The molecule has 0 fully saturated rings. The Kier molecular flexibility index (Phi) is 38.6. The summed E-state index contributed by atoms with van der Waals surface area (Å²) >= 11 is 0. The Balaban J connectivity index is -0.000000102. The maximum Gasteiger partial charge on any atom is 0.311 e. The van der Waals surface area contributed by atoms with Gasteiger partial charge < -0.3 is 39.4 Å². The van der Waals surface area contributed by atoms with E-state index in [2.05, 4.69) is 22.6 Å². The highest BCUT2D eigenvalue weighted by Crippen LogP contribution is 2.08. The minimum absolute atomic E-state index is 0. The third kappa shape index (κ3) is 28.8. The van der Waals surface area contributed by atoms with E-state index < -0.39 is 41.9 Å². The van der Waals surface area contributed by atoms with Crippen molar-refractivity contribution in [1.82, 2.24) is 0 Å². The van der Waals surface area contributed by atoms with Crippen molar-refractivity contribution >= 4 is 32.3 Å². The van der Waals surface area contributed by atoms with Gasteiger partial charge in [-0.05, 0) is 55.4 Å². The SMILES string of the molecule is C.C=CCO[C@H](C)[C@H](C)C(=O)O.C=CCO[C@H](C)[C@H](C)C(=O)OC.COC(=O)[C@@H](C)[C@@H](C)O.C[C@H](C(=O)O)[C@@H](C)O.[B]. The molecule has 0 amide bonds. The van der Waals surface area contributed by atoms with Gasteiger partial charge in [-0.25, -0.2) is 0 Å². The number of carboxylic acids is 2. The van der Waals surface area contributed by atoms with Crippen LogP contribution in [-0.4, -0.2) is 105 Å². The lowest BCUT2D eigenvalue weighted by atomic mass is 10.1. The average Bonchev–Trinajstić information content (AvgIpc) is 2.92. The number of esters is 2. The number of rotatable bonds is 14. The number of hydrogen-bond acceptors (Lipinski definition) is 10. The van der Waals surface area contributed by atoms with Gasteiger partial charge in [-0.1, -0.05) is 19.6 Å². The molecule has 0 aromatic carbocycles. The minimum atomic E-state index is -0.958. The molecule has 0 saturated heterocycles. The highest BCUT2D eigenvalue weighted by atomic mass is 16.5. The van der Waals surface area contributed by atoms with Crippen LogP contribution >= 0.6 is 0 Å². The Hall–Kier alpha value is -2.74. The molecule has 8 atom stereocenters. The fourth-order valence-corrected chi connectivity index (χ4v) is 1.90. The molecule has 0 aliphatic rings. The van der Waals surface area contributed by atoms with Gasteiger partial charge in [-0.2, -0.15) is 0 Å². The zero-order chi connectivity index (χ0) is 32.6. The van der Waals surface area contributed by atoms with Crippen LogP contribution in [0.1, 0.15) is 62.8 Å². The maximum atomic E-state index is 11.0. The molecule has 0 rings (SSSR count). The van der Waals surface area contributed by atoms with Crippen molar-refractivity contribution in [2.45, 2.75) is 87.2 Å². The fraction of sp³-hybridized carbons (Fsp3) is 0.724. The summed E-state index contributed by atoms with van der Waals surface area (Å²) in [6.45, 7) is 20.9. The standard InChI is InChI=1S/C9H16O3.C8H14O3.C6H12O3.C5H10O3.CH4.B/c1-5-6-12-8(3)7(2)9(10)11-4;1-4-5-11-7(3)6(2)8(9)10;1-4(5(2)7)6(8)9-3;1-3(4(2)6)5(7)8;;/h5,7-8H,1,6H2,2-4H3;4,6-7H,1,5H2,2-3H3,(H,9,10);4-5,7H,1-3H3;3-4,6H,1-2H3,(H,7,8);1H4;/t7-,8+;6-,7+;4-,5+;3-,4+;;/m0000../s1. The molecule has 0 heterocycles. The van der Waals surface area contributed by atoms with E-state index in [1.165, 1.54) is 28.1 Å². The lowest BCUT2D eigenvalue weighted by Gasteiger charge is -2.17. The first kappa shape index (κ1) is 52.0. The summed E-state index contributed by atoms with van der Waals surface area (Å²) in [5.74, 6) is -4.17. The summed E-state index contributed by atoms with van der Waals surface area (Å²) in [5.41, 5.74) is 0. The number of aliphatic carboxylic acids is 2. The largest absolute Gasteiger partial charge is 0.481 e. The first-order valence-electron chi connectivity index (χ1n) is 12.8. The number of aliphatic hydroxyl groups is 2. The van der Waals surface area contributed by atoms with Crippen molar-refractivity contribution in [3.05, 3.63) is 25.3 Å². The summed E-state index contributed by atoms with van der Waals surface area (Å²) in [4.78, 5) is 41.9. The Morgan fingerprint density at radius 3 is 1.10 bits per heavy atom. The first-order valence-corrected chi connectivity index (χ1v) is 12.8. The lowest BCUT2D eigenvalue weighted by molar-refractivity contribution is -0.150. The zero-order valence-electron chi connectivity index (χ0n) is 26.2. The highest BCUT2D eigenvalue weighted by Gasteiger charge is 2.21. The fourth-order valence-electron chi connectivity index (χ4n) is 1.90. The molecule has 0 bridgehead atoms. The van der Waals surface area contributed by atoms with Crippen LogP contribution in [0.25, 0.3) is 0 Å². The zero-order valence-corrected chi connectivity index (χ0v) is 26.2. The van der Waals surface area contributed by atoms with Crippen LogP contribution in [-0.2, 0) is 38.1 Å². The van der Waals surface area contributed by atoms with E-state index in [4.69, 9.17) is 29.9 Å². The molecule has 42 heavy (non-hydrogen) atoms. The number of carbonyl (C=O) groups is 4. The van der Waals surface area contributed by atoms with Gasteiger partial charge in [0.1, 0.15) is 0 Å². The number of ether oxygens (including phenoxy) is 4. The second kappa shape index (κ2) is 31.2. The van der Waals surface area contributed by atoms with Gasteiger partial charge in [-0.3, -0.25) is 19.2 Å². The molecule has 0 saturated carbocycles. The van der Waals surface area contributed by atoms with E-state index in [1.54, 1.807) is 46.8 Å². The van der Waals surface area contributed by atoms with Gasteiger partial charge in [0.15, 0.2) is 0 Å². The number of hydrogen-bond donors (Lipinski definition) is 4. The molecular weight excluding hydrogens is 551 g/mol. The smallest absolute Gasteiger partial charge is 0.311 e. The molecule has 0 aromatic heterocycles. The van der Waals surface area contributed by atoms with Gasteiger partial charge in [0, 0.05) is 8.41 Å². The molecular formula is C29H56BO12. The summed E-state index contributed by atoms with van der Waals surface area (Å²) in [7, 11) is 2.68. The molecule has 13 heteroatoms. The van der Waals surface area contributed by atoms with E-state index >= 15 is 0 Å². The molecule has 0 aliphatic heterocycles. The van der Waals surface area contributed by atoms with Gasteiger partial charge in [0.05, 0.1) is 75.5 Å². The average molecular weight is 608 g/mol. The van der Waals surface area contributed by atoms with Crippen LogP contribution < -0.4 is 0 Å². The molecule has 4 N–H and O–H groups in total. The van der Waals surface area contributed by atoms with Gasteiger partial charge in [0.2, 0.25) is 0 Å². The van der Waals surface area contributed by atoms with Crippen LogP contribution in [0.3, 0.4) is 0 Å². The molecule has 0 spiro atoms. The number of carbonyl (C=O) groups excluding carboxylic acids is 2. The normalized spacial score (nSPS) is 15.1. The lowest BCUT2D eigenvalue weighted by Crippen LogP contribution is -2.26. The predicted molar refractivity (Wildman–Crippen MR) is 163 cm³/mol. The quantitative estimate of drug-likeness (QED) is 0.129.